The molecule has 1 N–H and O–H groups in total. The number of benzene rings is 1. The van der Waals surface area contributed by atoms with Gasteiger partial charge in [0, 0.05) is 30.5 Å². The van der Waals surface area contributed by atoms with Crippen LogP contribution in [0.15, 0.2) is 54.9 Å². The van der Waals surface area contributed by atoms with E-state index in [0.29, 0.717) is 43.3 Å². The summed E-state index contributed by atoms with van der Waals surface area (Å²) in [6.45, 7) is 7.26. The van der Waals surface area contributed by atoms with Crippen molar-refractivity contribution in [3.8, 4) is 17.0 Å². The molecule has 1 atom stereocenters. The number of alkyl halides is 1. The van der Waals surface area contributed by atoms with Crippen LogP contribution in [0.2, 0.25) is 0 Å². The molecule has 1 saturated heterocycles. The third-order valence-corrected chi connectivity index (χ3v) is 6.03. The Morgan fingerprint density at radius 1 is 1.21 bits per heavy atom. The van der Waals surface area contributed by atoms with Crippen LogP contribution in [0.4, 0.5) is 26.4 Å². The highest BCUT2D eigenvalue weighted by Crippen LogP contribution is 2.38. The van der Waals surface area contributed by atoms with Crippen LogP contribution in [-0.2, 0) is 0 Å². The maximum Gasteiger partial charge on any atom is 0.327 e. The highest BCUT2D eigenvalue weighted by atomic mass is 19.1. The van der Waals surface area contributed by atoms with Crippen molar-refractivity contribution >= 4 is 23.2 Å². The number of aromatic nitrogens is 2. The minimum atomic E-state index is -0.790. The Kier molecular flexibility index (Phi) is 5.59. The summed E-state index contributed by atoms with van der Waals surface area (Å²) in [5.74, 6) is 1.01. The number of pyridine rings is 2. The van der Waals surface area contributed by atoms with Crippen molar-refractivity contribution in [2.75, 3.05) is 34.8 Å². The van der Waals surface area contributed by atoms with Crippen molar-refractivity contribution in [3.05, 3.63) is 60.4 Å². The van der Waals surface area contributed by atoms with Crippen LogP contribution in [0.5, 0.6) is 5.75 Å². The molecular weight excluding hydrogens is 433 g/mol. The molecular formula is C26H28FN5O2. The Labute approximate surface area is 198 Å². The van der Waals surface area contributed by atoms with E-state index in [0.717, 1.165) is 22.5 Å². The number of amides is 2. The van der Waals surface area contributed by atoms with E-state index in [4.69, 9.17) is 9.72 Å². The van der Waals surface area contributed by atoms with E-state index in [9.17, 15) is 9.18 Å². The number of rotatable bonds is 3. The second-order valence-corrected chi connectivity index (χ2v) is 9.53. The van der Waals surface area contributed by atoms with Gasteiger partial charge in [-0.15, -0.1) is 0 Å². The average molecular weight is 462 g/mol. The fourth-order valence-electron chi connectivity index (χ4n) is 4.45. The first-order valence-corrected chi connectivity index (χ1v) is 11.5. The maximum absolute atomic E-state index is 13.7. The topological polar surface area (TPSA) is 70.6 Å². The van der Waals surface area contributed by atoms with E-state index in [1.54, 1.807) is 17.3 Å². The maximum atomic E-state index is 13.7. The lowest BCUT2D eigenvalue weighted by atomic mass is 10.1. The SMILES string of the molecule is Cc1cncc(NC(=O)N2CC(C)(C)Oc3ccc(-c4cccc(N5CCC(F)C5)c4)nc32)c1. The Balaban J connectivity index is 1.47. The smallest absolute Gasteiger partial charge is 0.327 e. The van der Waals surface area contributed by atoms with Gasteiger partial charge in [-0.25, -0.2) is 14.2 Å². The standard InChI is InChI=1S/C26H28FN5O2/c1-17-11-20(14-28-13-17)29-25(33)32-16-26(2,3)34-23-8-7-22(30-24(23)32)18-5-4-6-21(12-18)31-10-9-19(27)15-31/h4-8,11-14,19H,9-10,15-16H2,1-3H3,(H,29,33). The third kappa shape index (κ3) is 4.53. The molecule has 176 valence electrons. The highest BCUT2D eigenvalue weighted by molar-refractivity contribution is 6.02. The van der Waals surface area contributed by atoms with Crippen LogP contribution >= 0.6 is 0 Å². The average Bonchev–Trinajstić information content (AvgIpc) is 3.24. The van der Waals surface area contributed by atoms with Crippen molar-refractivity contribution in [3.63, 3.8) is 0 Å². The summed E-state index contributed by atoms with van der Waals surface area (Å²) in [5, 5.41) is 2.93. The van der Waals surface area contributed by atoms with Gasteiger partial charge in [0.2, 0.25) is 0 Å². The Morgan fingerprint density at radius 3 is 2.82 bits per heavy atom. The number of carbonyl (C=O) groups excluding carboxylic acids is 1. The minimum absolute atomic E-state index is 0.297. The molecule has 0 spiro atoms. The third-order valence-electron chi connectivity index (χ3n) is 6.03. The number of fused-ring (bicyclic) bond motifs is 1. The molecule has 0 saturated carbocycles. The van der Waals surface area contributed by atoms with Crippen LogP contribution in [0.1, 0.15) is 25.8 Å². The van der Waals surface area contributed by atoms with E-state index >= 15 is 0 Å². The van der Waals surface area contributed by atoms with Crippen LogP contribution in [0, 0.1) is 6.92 Å². The van der Waals surface area contributed by atoms with Crippen LogP contribution in [0.3, 0.4) is 0 Å². The van der Waals surface area contributed by atoms with Crippen molar-refractivity contribution in [2.24, 2.45) is 0 Å². The summed E-state index contributed by atoms with van der Waals surface area (Å²) in [5.41, 5.74) is 3.59. The Hall–Kier alpha value is -3.68. The highest BCUT2D eigenvalue weighted by Gasteiger charge is 2.36. The molecule has 7 nitrogen and oxygen atoms in total. The fraction of sp³-hybridized carbons (Fsp3) is 0.346. The van der Waals surface area contributed by atoms with Gasteiger partial charge in [0.1, 0.15) is 11.8 Å². The molecule has 2 aliphatic heterocycles. The van der Waals surface area contributed by atoms with Gasteiger partial charge >= 0.3 is 6.03 Å². The summed E-state index contributed by atoms with van der Waals surface area (Å²) >= 11 is 0. The molecule has 2 aromatic heterocycles. The molecule has 2 amide bonds. The van der Waals surface area contributed by atoms with E-state index in [1.807, 2.05) is 68.1 Å². The van der Waals surface area contributed by atoms with Gasteiger partial charge in [-0.05, 0) is 63.1 Å². The molecule has 1 aromatic carbocycles. The van der Waals surface area contributed by atoms with Crippen molar-refractivity contribution in [1.29, 1.82) is 0 Å². The molecule has 5 rings (SSSR count). The normalized spacial score (nSPS) is 18.9. The first-order chi connectivity index (χ1) is 16.3. The molecule has 2 aliphatic rings. The molecule has 1 unspecified atom stereocenters. The number of anilines is 3. The van der Waals surface area contributed by atoms with E-state index in [-0.39, 0.29) is 6.03 Å². The molecule has 34 heavy (non-hydrogen) atoms. The summed E-state index contributed by atoms with van der Waals surface area (Å²) in [6, 6.07) is 13.2. The number of halogens is 1. The zero-order valence-corrected chi connectivity index (χ0v) is 19.6. The predicted octanol–water partition coefficient (Wildman–Crippen LogP) is 5.21. The van der Waals surface area contributed by atoms with E-state index in [2.05, 4.69) is 10.3 Å². The van der Waals surface area contributed by atoms with Gasteiger partial charge in [-0.2, -0.15) is 0 Å². The zero-order valence-electron chi connectivity index (χ0n) is 19.6. The van der Waals surface area contributed by atoms with Crippen LogP contribution in [0.25, 0.3) is 11.3 Å². The summed E-state index contributed by atoms with van der Waals surface area (Å²) in [4.78, 5) is 25.9. The van der Waals surface area contributed by atoms with Gasteiger partial charge in [-0.3, -0.25) is 9.88 Å². The fourth-order valence-corrected chi connectivity index (χ4v) is 4.45. The van der Waals surface area contributed by atoms with Crippen molar-refractivity contribution < 1.29 is 13.9 Å². The van der Waals surface area contributed by atoms with Crippen LogP contribution in [-0.4, -0.2) is 47.4 Å². The van der Waals surface area contributed by atoms with Crippen molar-refractivity contribution in [2.45, 2.75) is 39.0 Å². The number of nitrogens with zero attached hydrogens (tertiary/aromatic N) is 4. The lowest BCUT2D eigenvalue weighted by molar-refractivity contribution is 0.106. The quantitative estimate of drug-likeness (QED) is 0.580. The van der Waals surface area contributed by atoms with Gasteiger partial charge in [0.15, 0.2) is 11.6 Å². The molecule has 4 heterocycles. The second kappa shape index (κ2) is 8.59. The predicted molar refractivity (Wildman–Crippen MR) is 131 cm³/mol. The lowest BCUT2D eigenvalue weighted by Gasteiger charge is -2.38. The molecule has 1 fully saturated rings. The zero-order chi connectivity index (χ0) is 23.9. The molecule has 0 radical (unpaired) electrons. The second-order valence-electron chi connectivity index (χ2n) is 9.53. The minimum Gasteiger partial charge on any atom is -0.482 e. The number of ether oxygens (including phenoxy) is 1. The van der Waals surface area contributed by atoms with E-state index in [1.165, 1.54) is 0 Å². The van der Waals surface area contributed by atoms with Gasteiger partial charge in [0.25, 0.3) is 0 Å². The number of hydrogen-bond donors (Lipinski definition) is 1. The molecule has 8 heteroatoms. The number of carbonyl (C=O) groups is 1. The Bertz CT molecular complexity index is 1230. The monoisotopic (exact) mass is 461 g/mol. The first kappa shape index (κ1) is 22.1. The van der Waals surface area contributed by atoms with Gasteiger partial charge in [-0.1, -0.05) is 12.1 Å². The number of urea groups is 1. The van der Waals surface area contributed by atoms with Gasteiger partial charge in [0.05, 0.1) is 24.1 Å². The first-order valence-electron chi connectivity index (χ1n) is 11.5. The summed E-state index contributed by atoms with van der Waals surface area (Å²) < 4.78 is 19.8. The van der Waals surface area contributed by atoms with Crippen LogP contribution < -0.4 is 19.9 Å². The molecule has 0 bridgehead atoms. The molecule has 0 aliphatic carbocycles. The largest absolute Gasteiger partial charge is 0.482 e. The van der Waals surface area contributed by atoms with Gasteiger partial charge < -0.3 is 15.0 Å². The number of hydrogen-bond acceptors (Lipinski definition) is 5. The summed E-state index contributed by atoms with van der Waals surface area (Å²) in [6.07, 6.45) is 3.12. The lowest BCUT2D eigenvalue weighted by Crippen LogP contribution is -2.51. The number of nitrogens with one attached hydrogen (secondary N) is 1. The Morgan fingerprint density at radius 2 is 2.06 bits per heavy atom. The summed E-state index contributed by atoms with van der Waals surface area (Å²) in [7, 11) is 0. The molecule has 3 aromatic rings. The van der Waals surface area contributed by atoms with Crippen molar-refractivity contribution in [1.82, 2.24) is 9.97 Å². The van der Waals surface area contributed by atoms with E-state index < -0.39 is 11.8 Å². The number of aryl methyl sites for hydroxylation is 1.